The highest BCUT2D eigenvalue weighted by Crippen LogP contribution is 2.47. The summed E-state index contributed by atoms with van der Waals surface area (Å²) < 4.78 is 24.4. The average Bonchev–Trinajstić information content (AvgIpc) is 2.43. The molecular formula is C14H14FO2PS. The van der Waals surface area contributed by atoms with Crippen molar-refractivity contribution >= 4 is 23.6 Å². The van der Waals surface area contributed by atoms with Crippen molar-refractivity contribution in [2.75, 3.05) is 6.61 Å². The SMILES string of the molecule is CCOP(=S)(Oc1ccc(F)cc1)c1ccccc1. The Bertz CT molecular complexity index is 572. The van der Waals surface area contributed by atoms with Crippen molar-refractivity contribution in [2.24, 2.45) is 0 Å². The lowest BCUT2D eigenvalue weighted by molar-refractivity contribution is 0.339. The first kappa shape index (κ1) is 14.2. The van der Waals surface area contributed by atoms with E-state index in [-0.39, 0.29) is 5.82 Å². The largest absolute Gasteiger partial charge is 0.440 e. The second kappa shape index (κ2) is 6.29. The Balaban J connectivity index is 2.30. The molecule has 0 saturated carbocycles. The van der Waals surface area contributed by atoms with Crippen LogP contribution in [0.25, 0.3) is 0 Å². The molecule has 0 aromatic heterocycles. The van der Waals surface area contributed by atoms with Gasteiger partial charge in [-0.25, -0.2) is 4.39 Å². The van der Waals surface area contributed by atoms with E-state index in [9.17, 15) is 4.39 Å². The van der Waals surface area contributed by atoms with Crippen molar-refractivity contribution in [3.63, 3.8) is 0 Å². The zero-order chi connectivity index (χ0) is 13.7. The summed E-state index contributed by atoms with van der Waals surface area (Å²) >= 11 is 5.56. The summed E-state index contributed by atoms with van der Waals surface area (Å²) in [6.07, 6.45) is 0. The van der Waals surface area contributed by atoms with Crippen molar-refractivity contribution < 1.29 is 13.4 Å². The molecule has 0 heterocycles. The number of benzene rings is 2. The predicted octanol–water partition coefficient (Wildman–Crippen LogP) is 3.88. The molecule has 0 N–H and O–H groups in total. The van der Waals surface area contributed by atoms with Gasteiger partial charge in [0.25, 0.3) is 6.49 Å². The monoisotopic (exact) mass is 296 g/mol. The normalized spacial score (nSPS) is 13.8. The van der Waals surface area contributed by atoms with Crippen LogP contribution >= 0.6 is 6.49 Å². The Labute approximate surface area is 117 Å². The van der Waals surface area contributed by atoms with Crippen LogP contribution in [-0.2, 0) is 16.3 Å². The first-order valence-electron chi connectivity index (χ1n) is 5.89. The third-order valence-corrected chi connectivity index (χ3v) is 5.56. The molecule has 0 bridgehead atoms. The summed E-state index contributed by atoms with van der Waals surface area (Å²) in [5.41, 5.74) is 0. The molecule has 0 fully saturated rings. The van der Waals surface area contributed by atoms with Crippen molar-refractivity contribution in [1.82, 2.24) is 0 Å². The lowest BCUT2D eigenvalue weighted by Gasteiger charge is -2.22. The van der Waals surface area contributed by atoms with Crippen LogP contribution in [0.5, 0.6) is 5.75 Å². The fourth-order valence-corrected chi connectivity index (χ4v) is 4.09. The molecule has 2 aromatic carbocycles. The number of hydrogen-bond donors (Lipinski definition) is 0. The highest BCUT2D eigenvalue weighted by molar-refractivity contribution is 8.13. The smallest absolute Gasteiger partial charge is 0.269 e. The Hall–Kier alpha value is -1.22. The minimum Gasteiger partial charge on any atom is -0.440 e. The Morgan fingerprint density at radius 1 is 1.05 bits per heavy atom. The van der Waals surface area contributed by atoms with E-state index in [1.807, 2.05) is 37.3 Å². The van der Waals surface area contributed by atoms with Crippen LogP contribution < -0.4 is 9.83 Å². The minimum absolute atomic E-state index is 0.309. The number of rotatable bonds is 5. The van der Waals surface area contributed by atoms with E-state index in [4.69, 9.17) is 20.9 Å². The molecule has 2 rings (SSSR count). The van der Waals surface area contributed by atoms with Crippen molar-refractivity contribution in [2.45, 2.75) is 6.92 Å². The van der Waals surface area contributed by atoms with Crippen LogP contribution in [0.15, 0.2) is 54.6 Å². The molecule has 0 aliphatic heterocycles. The Morgan fingerprint density at radius 3 is 2.26 bits per heavy atom. The molecule has 1 atom stereocenters. The third-order valence-electron chi connectivity index (χ3n) is 2.41. The summed E-state index contributed by atoms with van der Waals surface area (Å²) in [5, 5.41) is 0.844. The van der Waals surface area contributed by atoms with Crippen molar-refractivity contribution in [1.29, 1.82) is 0 Å². The van der Waals surface area contributed by atoms with Crippen LogP contribution in [-0.4, -0.2) is 6.61 Å². The second-order valence-corrected chi connectivity index (χ2v) is 7.19. The van der Waals surface area contributed by atoms with Crippen molar-refractivity contribution in [3.05, 3.63) is 60.4 Å². The first-order valence-corrected chi connectivity index (χ1v) is 8.53. The molecule has 0 saturated heterocycles. The summed E-state index contributed by atoms with van der Waals surface area (Å²) in [5.74, 6) is 0.207. The molecule has 2 nitrogen and oxygen atoms in total. The fourth-order valence-electron chi connectivity index (χ4n) is 1.57. The quantitative estimate of drug-likeness (QED) is 0.780. The van der Waals surface area contributed by atoms with Crippen LogP contribution in [0.1, 0.15) is 6.92 Å². The number of hydrogen-bond acceptors (Lipinski definition) is 3. The van der Waals surface area contributed by atoms with Gasteiger partial charge >= 0.3 is 0 Å². The predicted molar refractivity (Wildman–Crippen MR) is 79.0 cm³/mol. The Morgan fingerprint density at radius 2 is 1.68 bits per heavy atom. The molecule has 100 valence electrons. The van der Waals surface area contributed by atoms with Crippen LogP contribution in [0.3, 0.4) is 0 Å². The van der Waals surface area contributed by atoms with E-state index >= 15 is 0 Å². The van der Waals surface area contributed by atoms with E-state index in [0.717, 1.165) is 5.30 Å². The van der Waals surface area contributed by atoms with Crippen LogP contribution in [0.4, 0.5) is 4.39 Å². The third kappa shape index (κ3) is 3.63. The summed E-state index contributed by atoms with van der Waals surface area (Å²) in [7, 11) is 0. The van der Waals surface area contributed by atoms with Gasteiger partial charge in [0.1, 0.15) is 11.6 Å². The molecule has 0 aliphatic rings. The lowest BCUT2D eigenvalue weighted by atomic mass is 10.3. The Kier molecular flexibility index (Phi) is 4.70. The van der Waals surface area contributed by atoms with Crippen LogP contribution in [0, 0.1) is 5.82 Å². The zero-order valence-corrected chi connectivity index (χ0v) is 12.2. The maximum atomic E-state index is 12.9. The maximum Gasteiger partial charge on any atom is 0.269 e. The molecule has 0 radical (unpaired) electrons. The average molecular weight is 296 g/mol. The highest BCUT2D eigenvalue weighted by Gasteiger charge is 2.22. The highest BCUT2D eigenvalue weighted by atomic mass is 32.5. The first-order chi connectivity index (χ1) is 9.14. The maximum absolute atomic E-state index is 12.9. The topological polar surface area (TPSA) is 18.5 Å². The van der Waals surface area contributed by atoms with E-state index in [1.165, 1.54) is 12.1 Å². The molecule has 1 unspecified atom stereocenters. The van der Waals surface area contributed by atoms with E-state index < -0.39 is 6.49 Å². The summed E-state index contributed by atoms with van der Waals surface area (Å²) in [6.45, 7) is -0.259. The van der Waals surface area contributed by atoms with Crippen molar-refractivity contribution in [3.8, 4) is 5.75 Å². The van der Waals surface area contributed by atoms with Gasteiger partial charge in [0, 0.05) is 5.30 Å². The molecule has 0 aliphatic carbocycles. The minimum atomic E-state index is -2.60. The number of halogens is 1. The molecular weight excluding hydrogens is 282 g/mol. The van der Waals surface area contributed by atoms with Gasteiger partial charge in [-0.05, 0) is 55.1 Å². The lowest BCUT2D eigenvalue weighted by Crippen LogP contribution is -2.11. The summed E-state index contributed by atoms with van der Waals surface area (Å²) in [6, 6.07) is 15.3. The van der Waals surface area contributed by atoms with Gasteiger partial charge in [-0.2, -0.15) is 0 Å². The van der Waals surface area contributed by atoms with Gasteiger partial charge in [0.15, 0.2) is 0 Å². The van der Waals surface area contributed by atoms with Crippen LogP contribution in [0.2, 0.25) is 0 Å². The fraction of sp³-hybridized carbons (Fsp3) is 0.143. The molecule has 0 spiro atoms. The van der Waals surface area contributed by atoms with E-state index in [1.54, 1.807) is 12.1 Å². The van der Waals surface area contributed by atoms with E-state index in [0.29, 0.717) is 12.4 Å². The summed E-state index contributed by atoms with van der Waals surface area (Å²) in [4.78, 5) is 0. The van der Waals surface area contributed by atoms with Gasteiger partial charge in [0.2, 0.25) is 0 Å². The van der Waals surface area contributed by atoms with Gasteiger partial charge in [-0.1, -0.05) is 18.2 Å². The van der Waals surface area contributed by atoms with Gasteiger partial charge in [-0.15, -0.1) is 0 Å². The molecule has 0 amide bonds. The molecule has 19 heavy (non-hydrogen) atoms. The zero-order valence-electron chi connectivity index (χ0n) is 10.5. The molecule has 5 heteroatoms. The second-order valence-electron chi connectivity index (χ2n) is 3.80. The van der Waals surface area contributed by atoms with Gasteiger partial charge < -0.3 is 9.05 Å². The van der Waals surface area contributed by atoms with Gasteiger partial charge in [-0.3, -0.25) is 0 Å². The molecule has 2 aromatic rings. The van der Waals surface area contributed by atoms with E-state index in [2.05, 4.69) is 0 Å². The van der Waals surface area contributed by atoms with Gasteiger partial charge in [0.05, 0.1) is 6.61 Å². The standard InChI is InChI=1S/C14H14FO2PS/c1-2-16-18(19,14-6-4-3-5-7-14)17-13-10-8-12(15)9-11-13/h3-11H,2H2,1H3.